The first-order valence-electron chi connectivity index (χ1n) is 13.2. The van der Waals surface area contributed by atoms with Crippen LogP contribution in [0.5, 0.6) is 0 Å². The van der Waals surface area contributed by atoms with Crippen LogP contribution in [0.4, 0.5) is 11.8 Å². The van der Waals surface area contributed by atoms with E-state index in [0.717, 1.165) is 72.3 Å². The molecule has 0 aliphatic carbocycles. The molecular weight excluding hydrogens is 512 g/mol. The summed E-state index contributed by atoms with van der Waals surface area (Å²) >= 11 is 3.37. The molecule has 0 fully saturated rings. The lowest BCUT2D eigenvalue weighted by atomic mass is 10.0. The molecule has 208 valence electrons. The number of nitrogens with one attached hydrogen (secondary N) is 3. The second-order valence-electron chi connectivity index (χ2n) is 8.12. The highest BCUT2D eigenvalue weighted by Crippen LogP contribution is 2.35. The molecule has 0 aromatic carbocycles. The van der Waals surface area contributed by atoms with Crippen LogP contribution in [0.15, 0.2) is 48.9 Å². The van der Waals surface area contributed by atoms with E-state index in [9.17, 15) is 4.79 Å². The summed E-state index contributed by atoms with van der Waals surface area (Å²) in [6.07, 6.45) is 12.9. The van der Waals surface area contributed by atoms with Gasteiger partial charge in [-0.1, -0.05) is 70.7 Å². The number of hydrogen-bond donors (Lipinski definition) is 3. The predicted molar refractivity (Wildman–Crippen MR) is 168 cm³/mol. The van der Waals surface area contributed by atoms with Crippen LogP contribution in [0.2, 0.25) is 0 Å². The SMILES string of the molecule is C=C/C=C\Cc1nc(-c2c(C)nc(NCCS/C=C\C=C)nc2NCCC(CC)CNC=O)sc1C.CC. The van der Waals surface area contributed by atoms with Gasteiger partial charge in [0.2, 0.25) is 12.4 Å². The largest absolute Gasteiger partial charge is 0.369 e. The van der Waals surface area contributed by atoms with E-state index in [-0.39, 0.29) is 0 Å². The van der Waals surface area contributed by atoms with Crippen LogP contribution in [0.3, 0.4) is 0 Å². The van der Waals surface area contributed by atoms with Crippen molar-refractivity contribution in [1.82, 2.24) is 20.3 Å². The molecule has 2 heterocycles. The summed E-state index contributed by atoms with van der Waals surface area (Å²) in [7, 11) is 0. The molecule has 0 saturated heterocycles. The average Bonchev–Trinajstić information content (AvgIpc) is 3.28. The highest BCUT2D eigenvalue weighted by atomic mass is 32.2. The first kappa shape index (κ1) is 33.1. The lowest BCUT2D eigenvalue weighted by molar-refractivity contribution is -0.109. The fraction of sp³-hybridized carbons (Fsp3) is 0.448. The Labute approximate surface area is 237 Å². The molecule has 9 heteroatoms. The summed E-state index contributed by atoms with van der Waals surface area (Å²) in [6.45, 7) is 19.8. The van der Waals surface area contributed by atoms with Gasteiger partial charge >= 0.3 is 0 Å². The second-order valence-corrected chi connectivity index (χ2v) is 10.3. The van der Waals surface area contributed by atoms with E-state index < -0.39 is 0 Å². The summed E-state index contributed by atoms with van der Waals surface area (Å²) in [5.41, 5.74) is 2.87. The van der Waals surface area contributed by atoms with E-state index >= 15 is 0 Å². The predicted octanol–water partition coefficient (Wildman–Crippen LogP) is 6.95. The van der Waals surface area contributed by atoms with Crippen LogP contribution in [0.25, 0.3) is 10.6 Å². The molecule has 1 amide bonds. The van der Waals surface area contributed by atoms with Crippen molar-refractivity contribution in [3.8, 4) is 10.6 Å². The van der Waals surface area contributed by atoms with Crippen molar-refractivity contribution in [2.24, 2.45) is 5.92 Å². The maximum Gasteiger partial charge on any atom is 0.224 e. The molecule has 7 nitrogen and oxygen atoms in total. The number of aromatic nitrogens is 3. The second kappa shape index (κ2) is 20.1. The molecule has 0 bridgehead atoms. The summed E-state index contributed by atoms with van der Waals surface area (Å²) in [6, 6.07) is 0. The molecule has 2 rings (SSSR count). The standard InChI is InChI=1S/C27H38N6OS2.C2H6/c1-6-9-11-12-23-21(5)36-26(32-23)24-20(4)31-27(30-15-17-35-16-10-7-2)33-25(24)29-14-13-22(8-3)18-28-19-34;1-2/h6-7,9-11,16,19,22H,1-2,8,12-15,17-18H2,3-5H3,(H,28,34)(H2,29,30,31,33);1-2H3/b11-9-,16-10-;. The van der Waals surface area contributed by atoms with Gasteiger partial charge in [0.25, 0.3) is 0 Å². The van der Waals surface area contributed by atoms with E-state index in [2.05, 4.69) is 49.0 Å². The Hall–Kier alpha value is -2.91. The van der Waals surface area contributed by atoms with Crippen LogP contribution < -0.4 is 16.0 Å². The number of rotatable bonds is 18. The number of allylic oxidation sites excluding steroid dienone is 5. The highest BCUT2D eigenvalue weighted by molar-refractivity contribution is 8.02. The van der Waals surface area contributed by atoms with Gasteiger partial charge in [0.05, 0.1) is 17.0 Å². The molecule has 0 aliphatic rings. The molecular formula is C29H44N6OS2. The Morgan fingerprint density at radius 1 is 1.05 bits per heavy atom. The monoisotopic (exact) mass is 556 g/mol. The fourth-order valence-corrected chi connectivity index (χ4v) is 5.11. The third-order valence-corrected chi connectivity index (χ3v) is 7.33. The van der Waals surface area contributed by atoms with Gasteiger partial charge in [-0.05, 0) is 31.6 Å². The van der Waals surface area contributed by atoms with Crippen molar-refractivity contribution >= 4 is 41.3 Å². The molecule has 0 spiro atoms. The number of aryl methyl sites for hydroxylation is 2. The average molecular weight is 557 g/mol. The lowest BCUT2D eigenvalue weighted by Crippen LogP contribution is -2.23. The van der Waals surface area contributed by atoms with Gasteiger partial charge in [-0.3, -0.25) is 4.79 Å². The zero-order valence-corrected chi connectivity index (χ0v) is 25.2. The van der Waals surface area contributed by atoms with E-state index in [0.29, 0.717) is 18.4 Å². The molecule has 0 radical (unpaired) electrons. The number of carbonyl (C=O) groups excluding carboxylic acids is 1. The van der Waals surface area contributed by atoms with Gasteiger partial charge in [-0.25, -0.2) is 9.97 Å². The van der Waals surface area contributed by atoms with Crippen molar-refractivity contribution in [3.63, 3.8) is 0 Å². The maximum absolute atomic E-state index is 10.7. The Balaban J connectivity index is 0.00000352. The third kappa shape index (κ3) is 11.6. The molecule has 1 unspecified atom stereocenters. The van der Waals surface area contributed by atoms with Crippen molar-refractivity contribution < 1.29 is 4.79 Å². The van der Waals surface area contributed by atoms with Crippen LogP contribution >= 0.6 is 23.1 Å². The van der Waals surface area contributed by atoms with Crippen LogP contribution in [0.1, 0.15) is 49.9 Å². The number of thiazole rings is 1. The summed E-state index contributed by atoms with van der Waals surface area (Å²) < 4.78 is 0. The van der Waals surface area contributed by atoms with E-state index in [1.165, 1.54) is 4.88 Å². The minimum atomic E-state index is 0.401. The minimum Gasteiger partial charge on any atom is -0.369 e. The molecule has 0 aliphatic heterocycles. The van der Waals surface area contributed by atoms with E-state index in [1.807, 2.05) is 38.3 Å². The summed E-state index contributed by atoms with van der Waals surface area (Å²) in [5.74, 6) is 2.68. The molecule has 1 atom stereocenters. The van der Waals surface area contributed by atoms with Crippen molar-refractivity contribution in [2.45, 2.75) is 53.9 Å². The van der Waals surface area contributed by atoms with Crippen molar-refractivity contribution in [1.29, 1.82) is 0 Å². The Bertz CT molecular complexity index is 1050. The number of hydrogen-bond acceptors (Lipinski definition) is 8. The molecule has 0 saturated carbocycles. The number of nitrogens with zero attached hydrogens (tertiary/aromatic N) is 3. The number of carbonyl (C=O) groups is 1. The fourth-order valence-electron chi connectivity index (χ4n) is 3.50. The number of thioether (sulfide) groups is 1. The third-order valence-electron chi connectivity index (χ3n) is 5.51. The van der Waals surface area contributed by atoms with Crippen LogP contribution in [0, 0.1) is 19.8 Å². The summed E-state index contributed by atoms with van der Waals surface area (Å²) in [5, 5.41) is 12.6. The van der Waals surface area contributed by atoms with Crippen molar-refractivity contribution in [2.75, 3.05) is 36.0 Å². The zero-order valence-electron chi connectivity index (χ0n) is 23.5. The topological polar surface area (TPSA) is 91.8 Å². The van der Waals surface area contributed by atoms with Gasteiger partial charge < -0.3 is 16.0 Å². The van der Waals surface area contributed by atoms with Gasteiger partial charge in [-0.15, -0.1) is 23.1 Å². The quantitative estimate of drug-likeness (QED) is 0.104. The molecule has 38 heavy (non-hydrogen) atoms. The Kier molecular flexibility index (Phi) is 17.5. The molecule has 2 aromatic rings. The Morgan fingerprint density at radius 3 is 2.50 bits per heavy atom. The molecule has 3 N–H and O–H groups in total. The normalized spacial score (nSPS) is 11.6. The van der Waals surface area contributed by atoms with Gasteiger partial charge in [0.15, 0.2) is 0 Å². The highest BCUT2D eigenvalue weighted by Gasteiger charge is 2.19. The van der Waals surface area contributed by atoms with Crippen molar-refractivity contribution in [3.05, 3.63) is 65.2 Å². The first-order valence-corrected chi connectivity index (χ1v) is 15.1. The van der Waals surface area contributed by atoms with Crippen LogP contribution in [-0.4, -0.2) is 46.7 Å². The minimum absolute atomic E-state index is 0.401. The zero-order chi connectivity index (χ0) is 28.2. The smallest absolute Gasteiger partial charge is 0.224 e. The first-order chi connectivity index (χ1) is 18.5. The maximum atomic E-state index is 10.7. The van der Waals surface area contributed by atoms with Gasteiger partial charge in [0.1, 0.15) is 10.8 Å². The number of anilines is 2. The lowest BCUT2D eigenvalue weighted by Gasteiger charge is -2.17. The Morgan fingerprint density at radius 2 is 1.82 bits per heavy atom. The summed E-state index contributed by atoms with van der Waals surface area (Å²) in [4.78, 5) is 26.4. The van der Waals surface area contributed by atoms with Crippen LogP contribution in [-0.2, 0) is 11.2 Å². The van der Waals surface area contributed by atoms with E-state index in [4.69, 9.17) is 15.0 Å². The van der Waals surface area contributed by atoms with E-state index in [1.54, 1.807) is 35.3 Å². The van der Waals surface area contributed by atoms with Gasteiger partial charge in [0, 0.05) is 36.7 Å². The van der Waals surface area contributed by atoms with Gasteiger partial charge in [-0.2, -0.15) is 4.98 Å². The molecule has 2 aromatic heterocycles. The number of amides is 1.